The van der Waals surface area contributed by atoms with Gasteiger partial charge in [0.25, 0.3) is 21.9 Å². The van der Waals surface area contributed by atoms with Crippen molar-refractivity contribution in [3.63, 3.8) is 0 Å². The minimum atomic E-state index is -4.34. The van der Waals surface area contributed by atoms with E-state index < -0.39 is 56.7 Å². The highest BCUT2D eigenvalue weighted by Crippen LogP contribution is 2.59. The van der Waals surface area contributed by atoms with Crippen LogP contribution in [0.3, 0.4) is 0 Å². The van der Waals surface area contributed by atoms with Gasteiger partial charge in [-0.1, -0.05) is 18.2 Å². The van der Waals surface area contributed by atoms with Crippen molar-refractivity contribution in [2.24, 2.45) is 11.3 Å². The van der Waals surface area contributed by atoms with E-state index in [2.05, 4.69) is 10.1 Å². The maximum atomic E-state index is 13.9. The number of sulfonamides is 1. The van der Waals surface area contributed by atoms with Gasteiger partial charge in [0.15, 0.2) is 19.5 Å². The fourth-order valence-corrected chi connectivity index (χ4v) is 6.64. The molecule has 0 spiro atoms. The van der Waals surface area contributed by atoms with E-state index in [1.807, 2.05) is 4.72 Å². The highest BCUT2D eigenvalue weighted by molar-refractivity contribution is 7.90. The van der Waals surface area contributed by atoms with Crippen molar-refractivity contribution in [3.05, 3.63) is 60.3 Å². The molecule has 17 heteroatoms. The first-order valence-corrected chi connectivity index (χ1v) is 15.8. The lowest BCUT2D eigenvalue weighted by molar-refractivity contribution is -0.271. The number of nitrogens with one attached hydrogen (secondary N) is 1. The molecule has 246 valence electrons. The second-order valence-electron chi connectivity index (χ2n) is 12.4. The minimum Gasteiger partial charge on any atom is -0.477 e. The van der Waals surface area contributed by atoms with E-state index in [1.54, 1.807) is 6.07 Å². The van der Waals surface area contributed by atoms with Crippen molar-refractivity contribution in [2.75, 3.05) is 18.1 Å². The summed E-state index contributed by atoms with van der Waals surface area (Å²) in [5.74, 6) is -8.66. The number of ether oxygens (including phenoxy) is 1. The molecule has 2 aromatic heterocycles. The topological polar surface area (TPSA) is 187 Å². The van der Waals surface area contributed by atoms with Crippen LogP contribution in [0.15, 0.2) is 59.6 Å². The summed E-state index contributed by atoms with van der Waals surface area (Å²) in [5, 5.41) is 46.6. The first kappa shape index (κ1) is 33.7. The molecule has 0 unspecified atom stereocenters. The fourth-order valence-electron chi connectivity index (χ4n) is 5.65. The third kappa shape index (κ3) is 6.09. The lowest BCUT2D eigenvalue weighted by atomic mass is 9.75. The van der Waals surface area contributed by atoms with E-state index in [9.17, 15) is 42.4 Å². The zero-order valence-electron chi connectivity index (χ0n) is 25.3. The van der Waals surface area contributed by atoms with Gasteiger partial charge in [-0.25, -0.2) is 31.6 Å². The number of hydrogen-bond acceptors (Lipinski definition) is 11. The number of benzene rings is 1. The Morgan fingerprint density at radius 3 is 2.35 bits per heavy atom. The predicted molar refractivity (Wildman–Crippen MR) is 160 cm³/mol. The molecule has 1 saturated heterocycles. The average molecular weight is 661 g/mol. The maximum Gasteiger partial charge on any atom is 0.268 e. The molecule has 3 heterocycles. The van der Waals surface area contributed by atoms with Crippen LogP contribution in [-0.2, 0) is 10.0 Å². The smallest absolute Gasteiger partial charge is 0.268 e. The fraction of sp³-hybridized carbons (Fsp3) is 0.483. The largest absolute Gasteiger partial charge is 0.477 e. The Bertz CT molecular complexity index is 1720. The van der Waals surface area contributed by atoms with Crippen LogP contribution in [0.5, 0.6) is 5.88 Å². The van der Waals surface area contributed by atoms with Crippen molar-refractivity contribution in [2.45, 2.75) is 67.9 Å². The molecule has 13 nitrogen and oxygen atoms in total. The Balaban J connectivity index is 1.49. The van der Waals surface area contributed by atoms with Crippen LogP contribution < -0.4 is 14.4 Å². The number of hydrogen-bond donors (Lipinski definition) is 5. The van der Waals surface area contributed by atoms with E-state index in [0.29, 0.717) is 12.8 Å². The van der Waals surface area contributed by atoms with E-state index in [1.165, 1.54) is 72.1 Å². The predicted octanol–water partition coefficient (Wildman–Crippen LogP) is 1.29. The Kier molecular flexibility index (Phi) is 8.25. The average Bonchev–Trinajstić information content (AvgIpc) is 3.56. The van der Waals surface area contributed by atoms with Gasteiger partial charge in [0.05, 0.1) is 28.5 Å². The van der Waals surface area contributed by atoms with Gasteiger partial charge in [-0.3, -0.25) is 4.79 Å². The number of alkyl halides is 2. The summed E-state index contributed by atoms with van der Waals surface area (Å²) < 4.78 is 62.6. The summed E-state index contributed by atoms with van der Waals surface area (Å²) in [6.45, 7) is 3.03. The van der Waals surface area contributed by atoms with E-state index in [0.717, 1.165) is 6.92 Å². The second kappa shape index (κ2) is 11.3. The number of anilines is 1. The van der Waals surface area contributed by atoms with E-state index >= 15 is 0 Å². The molecule has 2 radical (unpaired) electrons. The van der Waals surface area contributed by atoms with Gasteiger partial charge in [-0.05, 0) is 64.3 Å². The van der Waals surface area contributed by atoms with Gasteiger partial charge in [-0.2, -0.15) is 0 Å². The number of aromatic nitrogens is 3. The molecular weight excluding hydrogens is 627 g/mol. The summed E-state index contributed by atoms with van der Waals surface area (Å²) in [4.78, 5) is 19.0. The SMILES string of the molecule is [B]C(O)(O)[C@@H]1CN(c2nc(-n3ccc(OCCC4(C(C)(F)F)CC4)n3)ccc2C(=O)NS(=O)(=O)c2ccccc2)C(C)(C)C1(O)O. The van der Waals surface area contributed by atoms with Crippen LogP contribution in [0.1, 0.15) is 50.4 Å². The highest BCUT2D eigenvalue weighted by Gasteiger charge is 2.63. The quantitative estimate of drug-likeness (QED) is 0.147. The monoisotopic (exact) mass is 661 g/mol. The number of rotatable bonds is 11. The first-order chi connectivity index (χ1) is 21.2. The number of amides is 1. The van der Waals surface area contributed by atoms with Crippen LogP contribution >= 0.6 is 0 Å². The molecule has 1 amide bonds. The van der Waals surface area contributed by atoms with E-state index in [-0.39, 0.29) is 41.0 Å². The van der Waals surface area contributed by atoms with E-state index in [4.69, 9.17) is 12.6 Å². The normalized spacial score (nSPS) is 20.4. The van der Waals surface area contributed by atoms with Gasteiger partial charge in [0.1, 0.15) is 11.5 Å². The lowest BCUT2D eigenvalue weighted by Gasteiger charge is -2.41. The number of pyridine rings is 1. The molecule has 2 fully saturated rings. The van der Waals surface area contributed by atoms with Crippen LogP contribution in [0.4, 0.5) is 14.6 Å². The molecule has 5 rings (SSSR count). The van der Waals surface area contributed by atoms with Gasteiger partial charge in [-0.15, -0.1) is 5.10 Å². The molecule has 1 aromatic carbocycles. The summed E-state index contributed by atoms with van der Waals surface area (Å²) >= 11 is 0. The van der Waals surface area contributed by atoms with Crippen LogP contribution in [0, 0.1) is 11.3 Å². The van der Waals surface area contributed by atoms with Gasteiger partial charge >= 0.3 is 0 Å². The van der Waals surface area contributed by atoms with Crippen LogP contribution in [0.25, 0.3) is 5.82 Å². The molecule has 2 aliphatic rings. The van der Waals surface area contributed by atoms with Gasteiger partial charge in [0, 0.05) is 24.2 Å². The molecule has 3 aromatic rings. The molecule has 5 N–H and O–H groups in total. The molecule has 1 atom stereocenters. The third-order valence-corrected chi connectivity index (χ3v) is 10.3. The number of nitrogens with zero attached hydrogens (tertiary/aromatic N) is 4. The molecule has 1 saturated carbocycles. The maximum absolute atomic E-state index is 13.9. The highest BCUT2D eigenvalue weighted by atomic mass is 32.2. The summed E-state index contributed by atoms with van der Waals surface area (Å²) in [7, 11) is 1.11. The zero-order valence-corrected chi connectivity index (χ0v) is 26.1. The third-order valence-electron chi connectivity index (χ3n) is 9.00. The van der Waals surface area contributed by atoms with Crippen molar-refractivity contribution in [3.8, 4) is 11.7 Å². The molecular formula is C29H34BF2N5O8S. The van der Waals surface area contributed by atoms with Crippen molar-refractivity contribution < 1.29 is 47.2 Å². The Morgan fingerprint density at radius 2 is 1.78 bits per heavy atom. The number of carbonyl (C=O) groups excluding carboxylic acids is 1. The Morgan fingerprint density at radius 1 is 1.13 bits per heavy atom. The molecule has 0 bridgehead atoms. The van der Waals surface area contributed by atoms with Crippen molar-refractivity contribution in [1.29, 1.82) is 0 Å². The summed E-state index contributed by atoms with van der Waals surface area (Å²) in [6.07, 6.45) is 2.40. The number of aliphatic hydroxyl groups is 4. The minimum absolute atomic E-state index is 0.00425. The Hall–Kier alpha value is -3.64. The van der Waals surface area contributed by atoms with Gasteiger partial charge in [0.2, 0.25) is 5.88 Å². The molecule has 1 aliphatic heterocycles. The standard InChI is InChI=1S/C29H34BF2N5O8S/c1-25(2)28(39,40)20(29(30,41)42)17-36(25)23-19(24(38)35-46(43,44)18-7-5-4-6-8-18)9-10-21(33-23)37-15-11-22(34-37)45-16-14-27(12-13-27)26(3,31)32/h4-11,15,20,39-42H,12-14,16-17H2,1-3H3,(H,35,38)/t20-/m1/s1. The first-order valence-electron chi connectivity index (χ1n) is 14.4. The Labute approximate surface area is 265 Å². The van der Waals surface area contributed by atoms with Crippen LogP contribution in [0.2, 0.25) is 0 Å². The lowest BCUT2D eigenvalue weighted by Crippen LogP contribution is -2.60. The zero-order chi connectivity index (χ0) is 33.9. The molecule has 1 aliphatic carbocycles. The molecule has 46 heavy (non-hydrogen) atoms. The van der Waals surface area contributed by atoms with Crippen molar-refractivity contribution in [1.82, 2.24) is 19.5 Å². The van der Waals surface area contributed by atoms with Crippen molar-refractivity contribution >= 4 is 29.6 Å². The van der Waals surface area contributed by atoms with Crippen LogP contribution in [-0.4, -0.2) is 93.4 Å². The summed E-state index contributed by atoms with van der Waals surface area (Å²) in [6, 6.07) is 11.2. The second-order valence-corrected chi connectivity index (χ2v) is 14.1. The number of halogens is 2. The van der Waals surface area contributed by atoms with Gasteiger partial charge < -0.3 is 30.1 Å². The number of carbonyl (C=O) groups is 1. The summed E-state index contributed by atoms with van der Waals surface area (Å²) in [5.41, 5.74) is -6.24.